The highest BCUT2D eigenvalue weighted by Gasteiger charge is 2.21. The Kier molecular flexibility index (Phi) is 4.67. The first kappa shape index (κ1) is 14.3. The summed E-state index contributed by atoms with van der Waals surface area (Å²) in [7, 11) is 0. The van der Waals surface area contributed by atoms with Gasteiger partial charge in [0.15, 0.2) is 0 Å². The van der Waals surface area contributed by atoms with Gasteiger partial charge in [0.05, 0.1) is 24.5 Å². The molecule has 1 saturated heterocycles. The predicted octanol–water partition coefficient (Wildman–Crippen LogP) is 0.718. The summed E-state index contributed by atoms with van der Waals surface area (Å²) in [6, 6.07) is 2.43. The van der Waals surface area contributed by atoms with E-state index in [4.69, 9.17) is 4.74 Å². The highest BCUT2D eigenvalue weighted by atomic mass is 16.5. The fourth-order valence-electron chi connectivity index (χ4n) is 2.36. The van der Waals surface area contributed by atoms with Gasteiger partial charge in [0.2, 0.25) is 0 Å². The molecule has 6 heteroatoms. The molecule has 0 unspecified atom stereocenters. The number of nitrogens with one attached hydrogen (secondary N) is 2. The quantitative estimate of drug-likeness (QED) is 0.808. The smallest absolute Gasteiger partial charge is 0.252 e. The molecule has 6 nitrogen and oxygen atoms in total. The fraction of sp³-hybridized carbons (Fsp3) is 0.600. The van der Waals surface area contributed by atoms with Gasteiger partial charge < -0.3 is 15.4 Å². The third-order valence-corrected chi connectivity index (χ3v) is 3.77. The van der Waals surface area contributed by atoms with Gasteiger partial charge in [-0.3, -0.25) is 14.7 Å². The standard InChI is InChI=1S/C15H22N4O2/c20-15(17-3-4-19-5-7-21-8-6-19)12-9-14(11-16-10-12)18-13-1-2-13/h9-11,13,18H,1-8H2,(H,17,20). The summed E-state index contributed by atoms with van der Waals surface area (Å²) in [6.07, 6.45) is 5.79. The Labute approximate surface area is 124 Å². The first-order valence-corrected chi connectivity index (χ1v) is 7.61. The van der Waals surface area contributed by atoms with Crippen molar-refractivity contribution >= 4 is 11.6 Å². The van der Waals surface area contributed by atoms with Crippen molar-refractivity contribution < 1.29 is 9.53 Å². The van der Waals surface area contributed by atoms with E-state index >= 15 is 0 Å². The van der Waals surface area contributed by atoms with E-state index in [1.807, 2.05) is 6.07 Å². The van der Waals surface area contributed by atoms with E-state index in [2.05, 4.69) is 20.5 Å². The van der Waals surface area contributed by atoms with E-state index in [-0.39, 0.29) is 5.91 Å². The molecule has 1 saturated carbocycles. The molecule has 2 N–H and O–H groups in total. The normalized spacial score (nSPS) is 19.2. The van der Waals surface area contributed by atoms with Gasteiger partial charge >= 0.3 is 0 Å². The Bertz CT molecular complexity index is 484. The second-order valence-corrected chi connectivity index (χ2v) is 5.59. The Balaban J connectivity index is 1.45. The Morgan fingerprint density at radius 3 is 2.90 bits per heavy atom. The van der Waals surface area contributed by atoms with Crippen LogP contribution in [0.5, 0.6) is 0 Å². The van der Waals surface area contributed by atoms with Crippen molar-refractivity contribution in [3.63, 3.8) is 0 Å². The summed E-state index contributed by atoms with van der Waals surface area (Å²) in [5, 5.41) is 6.31. The number of morpholine rings is 1. The van der Waals surface area contributed by atoms with Crippen LogP contribution in [0, 0.1) is 0 Å². The van der Waals surface area contributed by atoms with Gasteiger partial charge in [-0.25, -0.2) is 0 Å². The number of amides is 1. The highest BCUT2D eigenvalue weighted by Crippen LogP contribution is 2.24. The molecule has 1 aromatic rings. The minimum atomic E-state index is -0.0600. The van der Waals surface area contributed by atoms with E-state index in [1.165, 1.54) is 12.8 Å². The van der Waals surface area contributed by atoms with Gasteiger partial charge in [-0.2, -0.15) is 0 Å². The lowest BCUT2D eigenvalue weighted by Gasteiger charge is -2.26. The van der Waals surface area contributed by atoms with Crippen LogP contribution in [0.1, 0.15) is 23.2 Å². The van der Waals surface area contributed by atoms with E-state index in [0.717, 1.165) is 38.5 Å². The van der Waals surface area contributed by atoms with Crippen LogP contribution in [0.2, 0.25) is 0 Å². The molecule has 2 aliphatic rings. The molecule has 21 heavy (non-hydrogen) atoms. The molecule has 0 spiro atoms. The third kappa shape index (κ3) is 4.41. The number of carbonyl (C=O) groups excluding carboxylic acids is 1. The molecular weight excluding hydrogens is 268 g/mol. The maximum atomic E-state index is 12.1. The maximum absolute atomic E-state index is 12.1. The lowest BCUT2D eigenvalue weighted by atomic mass is 10.2. The van der Waals surface area contributed by atoms with Crippen LogP contribution in [0.25, 0.3) is 0 Å². The predicted molar refractivity (Wildman–Crippen MR) is 80.5 cm³/mol. The highest BCUT2D eigenvalue weighted by molar-refractivity contribution is 5.94. The van der Waals surface area contributed by atoms with Crippen molar-refractivity contribution in [2.45, 2.75) is 18.9 Å². The molecule has 1 aliphatic carbocycles. The van der Waals surface area contributed by atoms with Gasteiger partial charge in [-0.05, 0) is 18.9 Å². The lowest BCUT2D eigenvalue weighted by Crippen LogP contribution is -2.41. The van der Waals surface area contributed by atoms with Crippen molar-refractivity contribution in [2.24, 2.45) is 0 Å². The van der Waals surface area contributed by atoms with Crippen LogP contribution >= 0.6 is 0 Å². The molecule has 1 aliphatic heterocycles. The SMILES string of the molecule is O=C(NCCN1CCOCC1)c1cncc(NC2CC2)c1. The van der Waals surface area contributed by atoms with Crippen LogP contribution < -0.4 is 10.6 Å². The first-order valence-electron chi connectivity index (χ1n) is 7.61. The van der Waals surface area contributed by atoms with Crippen molar-refractivity contribution in [3.8, 4) is 0 Å². The molecule has 2 heterocycles. The van der Waals surface area contributed by atoms with Gasteiger partial charge in [-0.1, -0.05) is 0 Å². The summed E-state index contributed by atoms with van der Waals surface area (Å²) in [4.78, 5) is 18.6. The molecule has 114 valence electrons. The summed E-state index contributed by atoms with van der Waals surface area (Å²) >= 11 is 0. The Hall–Kier alpha value is -1.66. The number of aromatic nitrogens is 1. The summed E-state index contributed by atoms with van der Waals surface area (Å²) in [6.45, 7) is 4.97. The summed E-state index contributed by atoms with van der Waals surface area (Å²) < 4.78 is 5.30. The molecule has 0 radical (unpaired) electrons. The van der Waals surface area contributed by atoms with E-state index in [1.54, 1.807) is 12.4 Å². The molecule has 0 atom stereocenters. The van der Waals surface area contributed by atoms with Gasteiger partial charge in [0.1, 0.15) is 0 Å². The number of ether oxygens (including phenoxy) is 1. The second-order valence-electron chi connectivity index (χ2n) is 5.59. The van der Waals surface area contributed by atoms with E-state index in [9.17, 15) is 4.79 Å². The maximum Gasteiger partial charge on any atom is 0.252 e. The molecule has 0 aromatic carbocycles. The van der Waals surface area contributed by atoms with E-state index < -0.39 is 0 Å². The van der Waals surface area contributed by atoms with Crippen LogP contribution in [-0.2, 0) is 4.74 Å². The van der Waals surface area contributed by atoms with Gasteiger partial charge in [0, 0.05) is 44.6 Å². The van der Waals surface area contributed by atoms with Crippen molar-refractivity contribution in [1.29, 1.82) is 0 Å². The first-order chi connectivity index (χ1) is 10.3. The number of rotatable bonds is 6. The number of hydrogen-bond acceptors (Lipinski definition) is 5. The van der Waals surface area contributed by atoms with Gasteiger partial charge in [-0.15, -0.1) is 0 Å². The number of pyridine rings is 1. The second kappa shape index (κ2) is 6.87. The van der Waals surface area contributed by atoms with E-state index in [0.29, 0.717) is 18.2 Å². The zero-order chi connectivity index (χ0) is 14.5. The number of carbonyl (C=O) groups is 1. The zero-order valence-electron chi connectivity index (χ0n) is 12.2. The number of nitrogens with zero attached hydrogens (tertiary/aromatic N) is 2. The van der Waals surface area contributed by atoms with Crippen molar-refractivity contribution in [3.05, 3.63) is 24.0 Å². The number of anilines is 1. The average molecular weight is 290 g/mol. The molecular formula is C15H22N4O2. The molecule has 1 aromatic heterocycles. The topological polar surface area (TPSA) is 66.5 Å². The molecule has 3 rings (SSSR count). The average Bonchev–Trinajstić information content (AvgIpc) is 3.32. The van der Waals surface area contributed by atoms with Crippen LogP contribution in [0.4, 0.5) is 5.69 Å². The largest absolute Gasteiger partial charge is 0.381 e. The minimum absolute atomic E-state index is 0.0600. The van der Waals surface area contributed by atoms with Crippen LogP contribution in [-0.4, -0.2) is 61.2 Å². The fourth-order valence-corrected chi connectivity index (χ4v) is 2.36. The summed E-state index contributed by atoms with van der Waals surface area (Å²) in [5.41, 5.74) is 1.54. The molecule has 1 amide bonds. The van der Waals surface area contributed by atoms with Gasteiger partial charge in [0.25, 0.3) is 5.91 Å². The Morgan fingerprint density at radius 1 is 1.33 bits per heavy atom. The zero-order valence-corrected chi connectivity index (χ0v) is 12.2. The summed E-state index contributed by atoms with van der Waals surface area (Å²) in [5.74, 6) is -0.0600. The van der Waals surface area contributed by atoms with Crippen molar-refractivity contribution in [2.75, 3.05) is 44.7 Å². The van der Waals surface area contributed by atoms with Crippen LogP contribution in [0.3, 0.4) is 0 Å². The minimum Gasteiger partial charge on any atom is -0.381 e. The van der Waals surface area contributed by atoms with Crippen LogP contribution in [0.15, 0.2) is 18.5 Å². The van der Waals surface area contributed by atoms with Crippen molar-refractivity contribution in [1.82, 2.24) is 15.2 Å². The lowest BCUT2D eigenvalue weighted by molar-refractivity contribution is 0.0383. The monoisotopic (exact) mass is 290 g/mol. The molecule has 0 bridgehead atoms. The Morgan fingerprint density at radius 2 is 2.14 bits per heavy atom. The number of hydrogen-bond donors (Lipinski definition) is 2. The molecule has 2 fully saturated rings. The third-order valence-electron chi connectivity index (χ3n) is 3.77.